The first kappa shape index (κ1) is 15.2. The van der Waals surface area contributed by atoms with Gasteiger partial charge in [0.2, 0.25) is 0 Å². The van der Waals surface area contributed by atoms with Crippen LogP contribution in [0, 0.1) is 5.82 Å². The summed E-state index contributed by atoms with van der Waals surface area (Å²) in [6.07, 6.45) is -3.98. The second-order valence-corrected chi connectivity index (χ2v) is 4.30. The Hall–Kier alpha value is -0.820. The molecule has 7 heteroatoms. The monoisotopic (exact) mass is 330 g/mol. The maximum absolute atomic E-state index is 12.9. The van der Waals surface area contributed by atoms with Crippen LogP contribution < -0.4 is 4.74 Å². The summed E-state index contributed by atoms with van der Waals surface area (Å²) in [7, 11) is 0. The topological polar surface area (TPSA) is 18.5 Å². The summed E-state index contributed by atoms with van der Waals surface area (Å²) in [5, 5.41) is 0. The van der Waals surface area contributed by atoms with Crippen LogP contribution in [-0.4, -0.2) is 26.0 Å². The summed E-state index contributed by atoms with van der Waals surface area (Å²) >= 11 is 3.00. The summed E-state index contributed by atoms with van der Waals surface area (Å²) < 4.78 is 57.9. The molecule has 0 aromatic heterocycles. The van der Waals surface area contributed by atoms with Gasteiger partial charge in [0.25, 0.3) is 0 Å². The number of benzene rings is 1. The molecule has 0 bridgehead atoms. The zero-order valence-corrected chi connectivity index (χ0v) is 10.9. The first-order valence-corrected chi connectivity index (χ1v) is 5.90. The smallest absolute Gasteiger partial charge is 0.411 e. The lowest BCUT2D eigenvalue weighted by Crippen LogP contribution is -2.18. The van der Waals surface area contributed by atoms with E-state index in [1.54, 1.807) is 0 Å². The van der Waals surface area contributed by atoms with Crippen LogP contribution in [0.4, 0.5) is 17.6 Å². The van der Waals surface area contributed by atoms with Crippen molar-refractivity contribution in [1.82, 2.24) is 0 Å². The standard InChI is InChI=1S/C11H11BrF4O2/c12-9-6-8(2-3-10(9)13)18-5-1-4-17-7-11(14,15)16/h2-3,6H,1,4-5,7H2. The first-order chi connectivity index (χ1) is 8.38. The molecule has 18 heavy (non-hydrogen) atoms. The third kappa shape index (κ3) is 6.20. The van der Waals surface area contributed by atoms with Crippen LogP contribution >= 0.6 is 15.9 Å². The molecule has 0 fully saturated rings. The Morgan fingerprint density at radius 1 is 1.17 bits per heavy atom. The number of hydrogen-bond donors (Lipinski definition) is 0. The molecular weight excluding hydrogens is 320 g/mol. The Bertz CT molecular complexity index is 382. The maximum atomic E-state index is 12.9. The molecule has 0 saturated heterocycles. The van der Waals surface area contributed by atoms with E-state index < -0.39 is 18.6 Å². The van der Waals surface area contributed by atoms with Crippen molar-refractivity contribution in [2.75, 3.05) is 19.8 Å². The van der Waals surface area contributed by atoms with Gasteiger partial charge in [0.15, 0.2) is 0 Å². The summed E-state index contributed by atoms with van der Waals surface area (Å²) in [5.41, 5.74) is 0. The minimum absolute atomic E-state index is 0.0398. The number of alkyl halides is 3. The van der Waals surface area contributed by atoms with Crippen LogP contribution in [-0.2, 0) is 4.74 Å². The summed E-state index contributed by atoms with van der Waals surface area (Å²) in [4.78, 5) is 0. The Morgan fingerprint density at radius 3 is 2.50 bits per heavy atom. The first-order valence-electron chi connectivity index (χ1n) is 5.11. The Balaban J connectivity index is 2.16. The third-order valence-corrected chi connectivity index (χ3v) is 2.47. The van der Waals surface area contributed by atoms with Gasteiger partial charge >= 0.3 is 6.18 Å². The molecule has 0 spiro atoms. The minimum atomic E-state index is -4.30. The van der Waals surface area contributed by atoms with Gasteiger partial charge in [-0.15, -0.1) is 0 Å². The van der Waals surface area contributed by atoms with Crippen LogP contribution in [0.25, 0.3) is 0 Å². The highest BCUT2D eigenvalue weighted by atomic mass is 79.9. The van der Waals surface area contributed by atoms with Crippen molar-refractivity contribution in [3.05, 3.63) is 28.5 Å². The van der Waals surface area contributed by atoms with Crippen molar-refractivity contribution in [2.24, 2.45) is 0 Å². The number of ether oxygens (including phenoxy) is 2. The number of rotatable bonds is 6. The fourth-order valence-corrected chi connectivity index (χ4v) is 1.46. The van der Waals surface area contributed by atoms with Gasteiger partial charge in [-0.3, -0.25) is 0 Å². The van der Waals surface area contributed by atoms with Crippen LogP contribution in [0.2, 0.25) is 0 Å². The molecule has 0 aliphatic carbocycles. The van der Waals surface area contributed by atoms with Crippen molar-refractivity contribution in [3.8, 4) is 5.75 Å². The molecule has 0 radical (unpaired) electrons. The Kier molecular flexibility index (Phi) is 5.87. The van der Waals surface area contributed by atoms with E-state index in [1.165, 1.54) is 18.2 Å². The third-order valence-electron chi connectivity index (χ3n) is 1.86. The van der Waals surface area contributed by atoms with Crippen LogP contribution in [0.5, 0.6) is 5.75 Å². The van der Waals surface area contributed by atoms with E-state index in [-0.39, 0.29) is 17.7 Å². The highest BCUT2D eigenvalue weighted by Crippen LogP contribution is 2.21. The molecule has 0 atom stereocenters. The highest BCUT2D eigenvalue weighted by Gasteiger charge is 2.27. The van der Waals surface area contributed by atoms with Crippen molar-refractivity contribution in [3.63, 3.8) is 0 Å². The van der Waals surface area contributed by atoms with E-state index in [0.717, 1.165) is 0 Å². The summed E-state index contributed by atoms with van der Waals surface area (Å²) in [6, 6.07) is 4.13. The molecule has 1 aromatic carbocycles. The van der Waals surface area contributed by atoms with E-state index in [1.807, 2.05) is 0 Å². The lowest BCUT2D eigenvalue weighted by molar-refractivity contribution is -0.174. The second kappa shape index (κ2) is 6.94. The lowest BCUT2D eigenvalue weighted by Gasteiger charge is -2.09. The SMILES string of the molecule is Fc1ccc(OCCCOCC(F)(F)F)cc1Br. The van der Waals surface area contributed by atoms with Crippen molar-refractivity contribution >= 4 is 15.9 Å². The molecule has 0 heterocycles. The van der Waals surface area contributed by atoms with Gasteiger partial charge in [-0.1, -0.05) is 0 Å². The molecule has 0 unspecified atom stereocenters. The van der Waals surface area contributed by atoms with Gasteiger partial charge < -0.3 is 9.47 Å². The molecule has 0 saturated carbocycles. The maximum Gasteiger partial charge on any atom is 0.411 e. The predicted molar refractivity (Wildman–Crippen MR) is 61.1 cm³/mol. The van der Waals surface area contributed by atoms with Crippen molar-refractivity contribution < 1.29 is 27.0 Å². The number of halogens is 5. The van der Waals surface area contributed by atoms with Gasteiger partial charge in [-0.25, -0.2) is 4.39 Å². The fraction of sp³-hybridized carbons (Fsp3) is 0.455. The Morgan fingerprint density at radius 2 is 1.89 bits per heavy atom. The van der Waals surface area contributed by atoms with E-state index in [0.29, 0.717) is 12.2 Å². The van der Waals surface area contributed by atoms with Gasteiger partial charge in [0.05, 0.1) is 17.7 Å². The van der Waals surface area contributed by atoms with Crippen molar-refractivity contribution in [1.29, 1.82) is 0 Å². The van der Waals surface area contributed by atoms with Gasteiger partial charge in [0.1, 0.15) is 18.2 Å². The van der Waals surface area contributed by atoms with Gasteiger partial charge in [-0.2, -0.15) is 13.2 Å². The van der Waals surface area contributed by atoms with E-state index >= 15 is 0 Å². The zero-order chi connectivity index (χ0) is 13.6. The normalized spacial score (nSPS) is 11.6. The average molecular weight is 331 g/mol. The molecule has 1 aromatic rings. The number of hydrogen-bond acceptors (Lipinski definition) is 2. The molecule has 0 aliphatic rings. The molecule has 102 valence electrons. The van der Waals surface area contributed by atoms with Crippen LogP contribution in [0.3, 0.4) is 0 Å². The average Bonchev–Trinajstić information content (AvgIpc) is 2.26. The van der Waals surface area contributed by atoms with E-state index in [4.69, 9.17) is 4.74 Å². The quantitative estimate of drug-likeness (QED) is 0.581. The van der Waals surface area contributed by atoms with Crippen LogP contribution in [0.1, 0.15) is 6.42 Å². The lowest BCUT2D eigenvalue weighted by atomic mass is 10.3. The highest BCUT2D eigenvalue weighted by molar-refractivity contribution is 9.10. The zero-order valence-electron chi connectivity index (χ0n) is 9.27. The Labute approximate surface area is 110 Å². The summed E-state index contributed by atoms with van der Waals surface area (Å²) in [5.74, 6) is 0.0370. The van der Waals surface area contributed by atoms with Gasteiger partial charge in [0, 0.05) is 6.42 Å². The van der Waals surface area contributed by atoms with E-state index in [2.05, 4.69) is 20.7 Å². The molecule has 2 nitrogen and oxygen atoms in total. The largest absolute Gasteiger partial charge is 0.493 e. The fourth-order valence-electron chi connectivity index (χ4n) is 1.11. The molecule has 0 N–H and O–H groups in total. The molecule has 0 aliphatic heterocycles. The van der Waals surface area contributed by atoms with Crippen LogP contribution in [0.15, 0.2) is 22.7 Å². The van der Waals surface area contributed by atoms with Crippen molar-refractivity contribution in [2.45, 2.75) is 12.6 Å². The molecule has 0 amide bonds. The molecular formula is C11H11BrF4O2. The second-order valence-electron chi connectivity index (χ2n) is 3.45. The molecule has 1 rings (SSSR count). The predicted octanol–water partition coefficient (Wildman–Crippen LogP) is 3.94. The minimum Gasteiger partial charge on any atom is -0.493 e. The summed E-state index contributed by atoms with van der Waals surface area (Å²) in [6.45, 7) is -1.09. The van der Waals surface area contributed by atoms with Gasteiger partial charge in [-0.05, 0) is 34.1 Å². The van der Waals surface area contributed by atoms with E-state index in [9.17, 15) is 17.6 Å².